The van der Waals surface area contributed by atoms with Crippen LogP contribution in [0.25, 0.3) is 0 Å². The van der Waals surface area contributed by atoms with Crippen molar-refractivity contribution in [1.82, 2.24) is 4.98 Å². The van der Waals surface area contributed by atoms with Gasteiger partial charge in [0.15, 0.2) is 0 Å². The van der Waals surface area contributed by atoms with E-state index < -0.39 is 12.0 Å². The Kier molecular flexibility index (Phi) is 3.45. The molecule has 2 nitrogen and oxygen atoms in total. The number of thiazole rings is 1. The first-order valence-electron chi connectivity index (χ1n) is 4.75. The highest BCUT2D eigenvalue weighted by Gasteiger charge is 2.27. The summed E-state index contributed by atoms with van der Waals surface area (Å²) in [4.78, 5) is 4.38. The summed E-state index contributed by atoms with van der Waals surface area (Å²) in [5.74, 6) is 0.00241. The summed E-state index contributed by atoms with van der Waals surface area (Å²) in [5, 5.41) is 10.0. The molecule has 0 aliphatic carbocycles. The number of aromatic nitrogens is 1. The van der Waals surface area contributed by atoms with Crippen molar-refractivity contribution in [2.24, 2.45) is 0 Å². The molecule has 0 aromatic carbocycles. The van der Waals surface area contributed by atoms with Gasteiger partial charge in [-0.1, -0.05) is 13.8 Å². The van der Waals surface area contributed by atoms with Crippen LogP contribution >= 0.6 is 11.3 Å². The zero-order valence-electron chi connectivity index (χ0n) is 9.21. The molecule has 0 unspecified atom stereocenters. The fourth-order valence-electron chi connectivity index (χ4n) is 1.18. The van der Waals surface area contributed by atoms with E-state index in [4.69, 9.17) is 0 Å². The maximum Gasteiger partial charge on any atom is 0.281 e. The van der Waals surface area contributed by atoms with Gasteiger partial charge in [0, 0.05) is 4.88 Å². The van der Waals surface area contributed by atoms with E-state index in [9.17, 15) is 13.9 Å². The Morgan fingerprint density at radius 2 is 1.87 bits per heavy atom. The summed E-state index contributed by atoms with van der Waals surface area (Å²) in [6, 6.07) is 0. The average Bonchev–Trinajstić information content (AvgIpc) is 2.45. The summed E-state index contributed by atoms with van der Waals surface area (Å²) >= 11 is 1.16. The minimum absolute atomic E-state index is 0.00241. The Morgan fingerprint density at radius 1 is 1.33 bits per heavy atom. The number of nitrogens with zero attached hydrogens (tertiary/aromatic N) is 1. The Balaban J connectivity index is 3.21. The van der Waals surface area contributed by atoms with Crippen molar-refractivity contribution in [3.05, 3.63) is 15.6 Å². The number of aliphatic hydroxyl groups is 1. The van der Waals surface area contributed by atoms with Gasteiger partial charge in [-0.15, -0.1) is 11.3 Å². The lowest BCUT2D eigenvalue weighted by Crippen LogP contribution is -2.14. The second-order valence-electron chi connectivity index (χ2n) is 4.28. The Bertz CT molecular complexity index is 316. The fraction of sp³-hybridized carbons (Fsp3) is 0.700. The van der Waals surface area contributed by atoms with Crippen LogP contribution in [0.2, 0.25) is 0 Å². The van der Waals surface area contributed by atoms with E-state index in [1.807, 2.05) is 13.8 Å². The third-order valence-corrected chi connectivity index (χ3v) is 3.62. The fourth-order valence-corrected chi connectivity index (χ4v) is 2.25. The number of rotatable bonds is 3. The molecule has 5 heteroatoms. The van der Waals surface area contributed by atoms with Crippen LogP contribution in [0.3, 0.4) is 0 Å². The maximum atomic E-state index is 12.7. The third-order valence-electron chi connectivity index (χ3n) is 1.94. The summed E-state index contributed by atoms with van der Waals surface area (Å²) < 4.78 is 25.3. The zero-order valence-corrected chi connectivity index (χ0v) is 10.0. The average molecular weight is 235 g/mol. The van der Waals surface area contributed by atoms with E-state index in [-0.39, 0.29) is 11.6 Å². The monoisotopic (exact) mass is 235 g/mol. The van der Waals surface area contributed by atoms with Crippen molar-refractivity contribution in [2.75, 3.05) is 0 Å². The lowest BCUT2D eigenvalue weighted by Gasteiger charge is -2.12. The molecule has 1 aromatic heterocycles. The molecule has 86 valence electrons. The molecular formula is C10H15F2NOS. The molecule has 0 saturated heterocycles. The van der Waals surface area contributed by atoms with Gasteiger partial charge < -0.3 is 5.11 Å². The van der Waals surface area contributed by atoms with Crippen molar-refractivity contribution in [3.8, 4) is 0 Å². The van der Waals surface area contributed by atoms with Crippen LogP contribution in [-0.2, 0) is 5.60 Å². The second-order valence-corrected chi connectivity index (χ2v) is 5.31. The topological polar surface area (TPSA) is 33.1 Å². The Morgan fingerprint density at radius 3 is 2.13 bits per heavy atom. The van der Waals surface area contributed by atoms with Gasteiger partial charge in [0.2, 0.25) is 0 Å². The molecule has 0 fully saturated rings. The smallest absolute Gasteiger partial charge is 0.281 e. The maximum absolute atomic E-state index is 12.7. The summed E-state index contributed by atoms with van der Waals surface area (Å²) in [7, 11) is 0. The van der Waals surface area contributed by atoms with Crippen LogP contribution in [0.1, 0.15) is 55.6 Å². The van der Waals surface area contributed by atoms with E-state index >= 15 is 0 Å². The first kappa shape index (κ1) is 12.5. The van der Waals surface area contributed by atoms with E-state index in [2.05, 4.69) is 4.98 Å². The van der Waals surface area contributed by atoms with Gasteiger partial charge in [-0.3, -0.25) is 0 Å². The normalized spacial score (nSPS) is 12.9. The highest BCUT2D eigenvalue weighted by molar-refractivity contribution is 7.12. The van der Waals surface area contributed by atoms with E-state index in [0.29, 0.717) is 9.88 Å². The molecule has 15 heavy (non-hydrogen) atoms. The minimum atomic E-state index is -2.57. The number of alkyl halides is 2. The Hall–Kier alpha value is -0.550. The molecule has 0 aliphatic rings. The molecule has 0 saturated carbocycles. The second kappa shape index (κ2) is 4.14. The molecule has 0 bridgehead atoms. The predicted molar refractivity (Wildman–Crippen MR) is 56.4 cm³/mol. The molecule has 1 N–H and O–H groups in total. The van der Waals surface area contributed by atoms with Crippen LogP contribution in [0.5, 0.6) is 0 Å². The van der Waals surface area contributed by atoms with Gasteiger partial charge in [0.1, 0.15) is 16.3 Å². The molecule has 0 radical (unpaired) electrons. The SMILES string of the molecule is CC(C)c1sc(C(C)(C)O)nc1C(F)F. The van der Waals surface area contributed by atoms with Gasteiger partial charge in [-0.2, -0.15) is 0 Å². The third kappa shape index (κ3) is 2.72. The van der Waals surface area contributed by atoms with Gasteiger partial charge >= 0.3 is 0 Å². The van der Waals surface area contributed by atoms with Crippen molar-refractivity contribution in [3.63, 3.8) is 0 Å². The van der Waals surface area contributed by atoms with E-state index in [1.54, 1.807) is 13.8 Å². The highest BCUT2D eigenvalue weighted by atomic mass is 32.1. The van der Waals surface area contributed by atoms with Gasteiger partial charge in [-0.25, -0.2) is 13.8 Å². The molecule has 0 atom stereocenters. The van der Waals surface area contributed by atoms with Crippen LogP contribution < -0.4 is 0 Å². The van der Waals surface area contributed by atoms with Crippen molar-refractivity contribution in [2.45, 2.75) is 45.6 Å². The molecule has 0 amide bonds. The lowest BCUT2D eigenvalue weighted by molar-refractivity contribution is 0.0769. The lowest BCUT2D eigenvalue weighted by atomic mass is 10.1. The first-order chi connectivity index (χ1) is 6.73. The van der Waals surface area contributed by atoms with Crippen LogP contribution in [0, 0.1) is 0 Å². The quantitative estimate of drug-likeness (QED) is 0.870. The molecule has 0 spiro atoms. The Labute approximate surface area is 92.0 Å². The highest BCUT2D eigenvalue weighted by Crippen LogP contribution is 2.36. The van der Waals surface area contributed by atoms with Gasteiger partial charge in [0.05, 0.1) is 0 Å². The molecule has 0 aliphatic heterocycles. The van der Waals surface area contributed by atoms with Crippen LogP contribution in [0.15, 0.2) is 0 Å². The summed E-state index contributed by atoms with van der Waals surface area (Å²) in [5.41, 5.74) is -1.34. The molecule has 1 aromatic rings. The summed E-state index contributed by atoms with van der Waals surface area (Å²) in [6.45, 7) is 6.78. The van der Waals surface area contributed by atoms with Crippen molar-refractivity contribution in [1.29, 1.82) is 0 Å². The van der Waals surface area contributed by atoms with Crippen LogP contribution in [0.4, 0.5) is 8.78 Å². The molecule has 1 rings (SSSR count). The van der Waals surface area contributed by atoms with Crippen LogP contribution in [-0.4, -0.2) is 10.1 Å². The van der Waals surface area contributed by atoms with Gasteiger partial charge in [0.25, 0.3) is 6.43 Å². The zero-order chi connectivity index (χ0) is 11.8. The van der Waals surface area contributed by atoms with Crippen molar-refractivity contribution < 1.29 is 13.9 Å². The summed E-state index contributed by atoms with van der Waals surface area (Å²) in [6.07, 6.45) is -2.57. The van der Waals surface area contributed by atoms with Gasteiger partial charge in [-0.05, 0) is 19.8 Å². The molecule has 1 heterocycles. The van der Waals surface area contributed by atoms with E-state index in [0.717, 1.165) is 11.3 Å². The largest absolute Gasteiger partial charge is 0.383 e. The minimum Gasteiger partial charge on any atom is -0.383 e. The predicted octanol–water partition coefficient (Wildman–Crippen LogP) is 3.43. The number of halogens is 2. The van der Waals surface area contributed by atoms with Crippen molar-refractivity contribution >= 4 is 11.3 Å². The number of hydrogen-bond acceptors (Lipinski definition) is 3. The first-order valence-corrected chi connectivity index (χ1v) is 5.56. The standard InChI is InChI=1S/C10H15F2NOS/c1-5(2)7-6(8(11)12)13-9(15-7)10(3,4)14/h5,8,14H,1-4H3. The number of hydrogen-bond donors (Lipinski definition) is 1. The van der Waals surface area contributed by atoms with E-state index in [1.165, 1.54) is 0 Å². The molecular weight excluding hydrogens is 220 g/mol.